The number of alkyl halides is 6. The number of rotatable bonds is 9. The van der Waals surface area contributed by atoms with Crippen LogP contribution in [0.4, 0.5) is 26.3 Å². The highest BCUT2D eigenvalue weighted by atomic mass is 19.4. The van der Waals surface area contributed by atoms with Gasteiger partial charge in [-0.3, -0.25) is 0 Å². The number of fused-ring (bicyclic) bond motifs is 3. The Bertz CT molecular complexity index is 4080. The number of benzene rings is 9. The zero-order valence-electron chi connectivity index (χ0n) is 41.4. The van der Waals surface area contributed by atoms with Crippen LogP contribution in [0.5, 0.6) is 0 Å². The lowest BCUT2D eigenvalue weighted by molar-refractivity contribution is -0.138. The van der Waals surface area contributed by atoms with Gasteiger partial charge in [0, 0.05) is 44.2 Å². The molecule has 5 nitrogen and oxygen atoms in total. The molecule has 3 aromatic heterocycles. The van der Waals surface area contributed by atoms with Crippen molar-refractivity contribution < 1.29 is 26.3 Å². The van der Waals surface area contributed by atoms with Crippen LogP contribution in [-0.2, 0) is 12.4 Å². The summed E-state index contributed by atoms with van der Waals surface area (Å²) in [7, 11) is 0. The van der Waals surface area contributed by atoms with Crippen molar-refractivity contribution in [3.63, 3.8) is 0 Å². The first-order valence-electron chi connectivity index (χ1n) is 24.8. The van der Waals surface area contributed by atoms with E-state index in [1.54, 1.807) is 32.0 Å². The molecule has 0 aliphatic heterocycles. The lowest BCUT2D eigenvalue weighted by Crippen LogP contribution is -2.07. The highest BCUT2D eigenvalue weighted by molar-refractivity contribution is 6.12. The van der Waals surface area contributed by atoms with Gasteiger partial charge in [0.05, 0.1) is 50.6 Å². The van der Waals surface area contributed by atoms with Gasteiger partial charge in [0.15, 0.2) is 11.6 Å². The third kappa shape index (κ3) is 9.41. The summed E-state index contributed by atoms with van der Waals surface area (Å²) in [4.78, 5) is 20.8. The lowest BCUT2D eigenvalue weighted by Gasteiger charge is -2.18. The van der Waals surface area contributed by atoms with E-state index >= 15 is 0 Å². The van der Waals surface area contributed by atoms with E-state index in [9.17, 15) is 26.3 Å². The standard InChI is InChI=1S/C66H43F6N5/c1-40-23-28-51(55(33-40)66(70,71)72)47-25-31-61-53(36-47)52-35-46(50-29-27-49(34-41(50)2)65(67,68)69)24-30-60(52)77(61)62-32-26-48(64-74-56(42-15-7-3-8-16-42)38-57(75-64)43-17-9-4-10-18-43)37-54(62)59-39-58(44-19-11-5-12-20-44)73-63(76-59)45-21-13-6-14-22-45/h3-39H,1-2H3. The summed E-state index contributed by atoms with van der Waals surface area (Å²) in [5.41, 5.74) is 10.4. The fraction of sp³-hybridized carbons (Fsp3) is 0.0606. The first-order chi connectivity index (χ1) is 37.2. The van der Waals surface area contributed by atoms with Crippen LogP contribution < -0.4 is 0 Å². The summed E-state index contributed by atoms with van der Waals surface area (Å²) < 4.78 is 88.4. The summed E-state index contributed by atoms with van der Waals surface area (Å²) in [6.45, 7) is 3.26. The van der Waals surface area contributed by atoms with Crippen LogP contribution in [0.1, 0.15) is 22.3 Å². The SMILES string of the molecule is Cc1ccc(-c2ccc3c(c2)c2cc(-c4ccc(C(F)(F)F)cc4C)ccc2n3-c2ccc(-c3nc(-c4ccccc4)cc(-c4ccccc4)n3)cc2-c2cc(-c3ccccc3)nc(-c3ccccc3)n2)c(C(F)(F)F)c1. The molecule has 9 aromatic carbocycles. The lowest BCUT2D eigenvalue weighted by atomic mass is 9.95. The summed E-state index contributed by atoms with van der Waals surface area (Å²) in [5, 5.41) is 1.29. The summed E-state index contributed by atoms with van der Waals surface area (Å²) in [6, 6.07) is 68.2. The Morgan fingerprint density at radius 3 is 1.30 bits per heavy atom. The van der Waals surface area contributed by atoms with E-state index < -0.39 is 23.5 Å². The molecule has 3 heterocycles. The quantitative estimate of drug-likeness (QED) is 0.135. The van der Waals surface area contributed by atoms with Crippen molar-refractivity contribution in [2.75, 3.05) is 0 Å². The summed E-state index contributed by atoms with van der Waals surface area (Å²) in [5.74, 6) is 0.939. The minimum absolute atomic E-state index is 0.0150. The fourth-order valence-corrected chi connectivity index (χ4v) is 10.1. The molecule has 77 heavy (non-hydrogen) atoms. The highest BCUT2D eigenvalue weighted by Crippen LogP contribution is 2.44. The molecule has 0 unspecified atom stereocenters. The Morgan fingerprint density at radius 2 is 0.792 bits per heavy atom. The number of aryl methyl sites for hydroxylation is 2. The largest absolute Gasteiger partial charge is 0.417 e. The van der Waals surface area contributed by atoms with Crippen LogP contribution in [0.2, 0.25) is 0 Å². The highest BCUT2D eigenvalue weighted by Gasteiger charge is 2.34. The normalized spacial score (nSPS) is 11.9. The maximum absolute atomic E-state index is 14.8. The van der Waals surface area contributed by atoms with Gasteiger partial charge >= 0.3 is 12.4 Å². The van der Waals surface area contributed by atoms with E-state index in [4.69, 9.17) is 19.9 Å². The Balaban J connectivity index is 1.16. The van der Waals surface area contributed by atoms with Gasteiger partial charge in [0.25, 0.3) is 0 Å². The van der Waals surface area contributed by atoms with Gasteiger partial charge in [-0.1, -0.05) is 157 Å². The van der Waals surface area contributed by atoms with Crippen molar-refractivity contribution in [3.8, 4) is 95.7 Å². The second kappa shape index (κ2) is 19.3. The molecule has 12 rings (SSSR count). The molecular formula is C66H43F6N5. The van der Waals surface area contributed by atoms with Gasteiger partial charge in [-0.2, -0.15) is 26.3 Å². The van der Waals surface area contributed by atoms with E-state index in [1.165, 1.54) is 12.1 Å². The average Bonchev–Trinajstić information content (AvgIpc) is 3.84. The van der Waals surface area contributed by atoms with Gasteiger partial charge in [-0.25, -0.2) is 19.9 Å². The monoisotopic (exact) mass is 1020 g/mol. The zero-order valence-corrected chi connectivity index (χ0v) is 41.4. The predicted octanol–water partition coefficient (Wildman–Crippen LogP) is 18.4. The topological polar surface area (TPSA) is 56.5 Å². The van der Waals surface area contributed by atoms with Crippen molar-refractivity contribution in [2.24, 2.45) is 0 Å². The van der Waals surface area contributed by atoms with E-state index in [0.717, 1.165) is 51.8 Å². The Morgan fingerprint density at radius 1 is 0.338 bits per heavy atom. The van der Waals surface area contributed by atoms with Crippen LogP contribution in [0.15, 0.2) is 224 Å². The molecule has 11 heteroatoms. The number of aromatic nitrogens is 5. The molecule has 0 bridgehead atoms. The Labute approximate surface area is 439 Å². The van der Waals surface area contributed by atoms with Gasteiger partial charge in [0.2, 0.25) is 0 Å². The van der Waals surface area contributed by atoms with Crippen molar-refractivity contribution >= 4 is 21.8 Å². The first-order valence-corrected chi connectivity index (χ1v) is 24.8. The van der Waals surface area contributed by atoms with E-state index in [-0.39, 0.29) is 5.56 Å². The van der Waals surface area contributed by atoms with E-state index in [2.05, 4.69) is 4.57 Å². The molecule has 0 aliphatic carbocycles. The maximum Gasteiger partial charge on any atom is 0.417 e. The predicted molar refractivity (Wildman–Crippen MR) is 295 cm³/mol. The van der Waals surface area contributed by atoms with Crippen LogP contribution in [0, 0.1) is 13.8 Å². The van der Waals surface area contributed by atoms with Gasteiger partial charge in [-0.05, 0) is 114 Å². The molecular weight excluding hydrogens is 977 g/mol. The fourth-order valence-electron chi connectivity index (χ4n) is 10.1. The molecule has 0 radical (unpaired) electrons. The van der Waals surface area contributed by atoms with Crippen molar-refractivity contribution in [2.45, 2.75) is 26.2 Å². The van der Waals surface area contributed by atoms with Crippen LogP contribution in [0.3, 0.4) is 0 Å². The molecule has 0 amide bonds. The Kier molecular flexibility index (Phi) is 12.2. The molecule has 0 fully saturated rings. The van der Waals surface area contributed by atoms with Gasteiger partial charge in [0.1, 0.15) is 0 Å². The third-order valence-electron chi connectivity index (χ3n) is 13.9. The van der Waals surface area contributed by atoms with Crippen LogP contribution in [-0.4, -0.2) is 24.5 Å². The molecule has 0 spiro atoms. The zero-order chi connectivity index (χ0) is 53.0. The minimum atomic E-state index is -4.64. The third-order valence-corrected chi connectivity index (χ3v) is 13.9. The van der Waals surface area contributed by atoms with Crippen molar-refractivity contribution in [3.05, 3.63) is 247 Å². The Hall–Kier alpha value is -9.48. The molecule has 12 aromatic rings. The van der Waals surface area contributed by atoms with Gasteiger partial charge in [-0.15, -0.1) is 0 Å². The molecule has 0 aliphatic rings. The number of hydrogen-bond acceptors (Lipinski definition) is 4. The number of halogens is 6. The average molecular weight is 1020 g/mol. The van der Waals surface area contributed by atoms with E-state index in [0.29, 0.717) is 89.5 Å². The maximum atomic E-state index is 14.8. The van der Waals surface area contributed by atoms with Gasteiger partial charge < -0.3 is 4.57 Å². The molecule has 374 valence electrons. The first kappa shape index (κ1) is 48.5. The van der Waals surface area contributed by atoms with E-state index in [1.807, 2.05) is 176 Å². The molecule has 0 atom stereocenters. The molecule has 0 saturated carbocycles. The van der Waals surface area contributed by atoms with Crippen molar-refractivity contribution in [1.29, 1.82) is 0 Å². The van der Waals surface area contributed by atoms with Crippen molar-refractivity contribution in [1.82, 2.24) is 24.5 Å². The smallest absolute Gasteiger partial charge is 0.309 e. The summed E-state index contributed by atoms with van der Waals surface area (Å²) >= 11 is 0. The second-order valence-corrected chi connectivity index (χ2v) is 19.0. The molecule has 0 saturated heterocycles. The minimum Gasteiger partial charge on any atom is -0.309 e. The number of nitrogens with zero attached hydrogens (tertiary/aromatic N) is 5. The number of hydrogen-bond donors (Lipinski definition) is 0. The van der Waals surface area contributed by atoms with Crippen LogP contribution >= 0.6 is 0 Å². The second-order valence-electron chi connectivity index (χ2n) is 19.0. The summed E-state index contributed by atoms with van der Waals surface area (Å²) in [6.07, 6.45) is -9.18. The molecule has 0 N–H and O–H groups in total. The van der Waals surface area contributed by atoms with Crippen LogP contribution in [0.25, 0.3) is 118 Å².